The van der Waals surface area contributed by atoms with Gasteiger partial charge in [-0.15, -0.1) is 0 Å². The molecule has 1 amide bonds. The standard InChI is InChI=1S/C15H20N2O3/c1-9-7-10(2)13-12(8-9)15(16,14(19)20)5-4-6-17(13)11(3)18/h7-8H,4-6,16H2,1-3H3,(H,19,20). The van der Waals surface area contributed by atoms with E-state index in [-0.39, 0.29) is 5.91 Å². The average molecular weight is 276 g/mol. The molecule has 0 aliphatic carbocycles. The van der Waals surface area contributed by atoms with Crippen molar-refractivity contribution in [3.8, 4) is 0 Å². The second-order valence-corrected chi connectivity index (χ2v) is 5.53. The van der Waals surface area contributed by atoms with Gasteiger partial charge in [-0.2, -0.15) is 0 Å². The number of benzene rings is 1. The number of carbonyl (C=O) groups is 2. The van der Waals surface area contributed by atoms with E-state index in [4.69, 9.17) is 5.73 Å². The van der Waals surface area contributed by atoms with Gasteiger partial charge in [0.1, 0.15) is 5.54 Å². The van der Waals surface area contributed by atoms with Crippen LogP contribution in [0.2, 0.25) is 0 Å². The van der Waals surface area contributed by atoms with Gasteiger partial charge in [0.05, 0.1) is 5.69 Å². The molecule has 1 atom stereocenters. The van der Waals surface area contributed by atoms with Crippen LogP contribution in [0.5, 0.6) is 0 Å². The Bertz CT molecular complexity index is 583. The number of fused-ring (bicyclic) bond motifs is 1. The van der Waals surface area contributed by atoms with Crippen molar-refractivity contribution >= 4 is 17.6 Å². The highest BCUT2D eigenvalue weighted by Crippen LogP contribution is 2.39. The highest BCUT2D eigenvalue weighted by Gasteiger charge is 2.41. The van der Waals surface area contributed by atoms with Crippen LogP contribution >= 0.6 is 0 Å². The predicted octanol–water partition coefficient (Wildman–Crippen LogP) is 1.69. The Kier molecular flexibility index (Phi) is 3.56. The van der Waals surface area contributed by atoms with Crippen molar-refractivity contribution < 1.29 is 14.7 Å². The van der Waals surface area contributed by atoms with E-state index < -0.39 is 11.5 Å². The first kappa shape index (κ1) is 14.5. The molecule has 0 radical (unpaired) electrons. The first-order valence-electron chi connectivity index (χ1n) is 6.69. The molecule has 0 saturated carbocycles. The summed E-state index contributed by atoms with van der Waals surface area (Å²) in [7, 11) is 0. The van der Waals surface area contributed by atoms with Crippen LogP contribution in [-0.2, 0) is 15.1 Å². The summed E-state index contributed by atoms with van der Waals surface area (Å²) in [6.07, 6.45) is 0.886. The van der Waals surface area contributed by atoms with Gasteiger partial charge >= 0.3 is 5.97 Å². The van der Waals surface area contributed by atoms with Crippen molar-refractivity contribution in [3.63, 3.8) is 0 Å². The predicted molar refractivity (Wildman–Crippen MR) is 76.7 cm³/mol. The molecule has 1 aliphatic rings. The number of carbonyl (C=O) groups excluding carboxylic acids is 1. The van der Waals surface area contributed by atoms with Crippen molar-refractivity contribution in [2.24, 2.45) is 5.73 Å². The van der Waals surface area contributed by atoms with Crippen LogP contribution in [-0.4, -0.2) is 23.5 Å². The fourth-order valence-corrected chi connectivity index (χ4v) is 2.96. The second kappa shape index (κ2) is 4.90. The molecule has 1 heterocycles. The molecule has 0 aromatic heterocycles. The Balaban J connectivity index is 2.77. The van der Waals surface area contributed by atoms with E-state index in [1.54, 1.807) is 11.0 Å². The Morgan fingerprint density at radius 3 is 2.55 bits per heavy atom. The molecule has 108 valence electrons. The van der Waals surface area contributed by atoms with Crippen molar-refractivity contribution in [3.05, 3.63) is 28.8 Å². The summed E-state index contributed by atoms with van der Waals surface area (Å²) in [5.74, 6) is -1.14. The zero-order chi connectivity index (χ0) is 15.1. The number of nitrogens with two attached hydrogens (primary N) is 1. The Hall–Kier alpha value is -1.88. The number of hydrogen-bond donors (Lipinski definition) is 2. The van der Waals surface area contributed by atoms with Crippen LogP contribution in [0.15, 0.2) is 12.1 Å². The number of anilines is 1. The van der Waals surface area contributed by atoms with Crippen molar-refractivity contribution in [2.45, 2.75) is 39.2 Å². The van der Waals surface area contributed by atoms with Gasteiger partial charge in [-0.3, -0.25) is 4.79 Å². The van der Waals surface area contributed by atoms with Gasteiger partial charge in [0.15, 0.2) is 0 Å². The lowest BCUT2D eigenvalue weighted by molar-refractivity contribution is -0.144. The molecule has 1 aliphatic heterocycles. The highest BCUT2D eigenvalue weighted by molar-refractivity contribution is 5.96. The number of carboxylic acid groups (broad SMARTS) is 1. The van der Waals surface area contributed by atoms with Crippen LogP contribution in [0, 0.1) is 13.8 Å². The molecule has 0 spiro atoms. The minimum absolute atomic E-state index is 0.0900. The Morgan fingerprint density at radius 2 is 2.00 bits per heavy atom. The van der Waals surface area contributed by atoms with E-state index in [2.05, 4.69) is 0 Å². The van der Waals surface area contributed by atoms with E-state index in [0.717, 1.165) is 11.1 Å². The Morgan fingerprint density at radius 1 is 1.35 bits per heavy atom. The molecular weight excluding hydrogens is 256 g/mol. The third kappa shape index (κ3) is 2.18. The van der Waals surface area contributed by atoms with E-state index in [0.29, 0.717) is 30.6 Å². The SMILES string of the molecule is CC(=O)N1CCCC(N)(C(=O)O)c2cc(C)cc(C)c21. The molecular formula is C15H20N2O3. The highest BCUT2D eigenvalue weighted by atomic mass is 16.4. The molecule has 3 N–H and O–H groups in total. The normalized spacial score (nSPS) is 22.1. The maximum Gasteiger partial charge on any atom is 0.328 e. The van der Waals surface area contributed by atoms with Gasteiger partial charge in [-0.05, 0) is 32.3 Å². The van der Waals surface area contributed by atoms with Gasteiger partial charge in [0.25, 0.3) is 0 Å². The van der Waals surface area contributed by atoms with Crippen molar-refractivity contribution in [1.29, 1.82) is 0 Å². The average Bonchev–Trinajstić information content (AvgIpc) is 2.48. The van der Waals surface area contributed by atoms with Gasteiger partial charge in [-0.25, -0.2) is 4.79 Å². The minimum Gasteiger partial charge on any atom is -0.480 e. The summed E-state index contributed by atoms with van der Waals surface area (Å²) < 4.78 is 0. The lowest BCUT2D eigenvalue weighted by atomic mass is 9.84. The van der Waals surface area contributed by atoms with E-state index >= 15 is 0 Å². The fraction of sp³-hybridized carbons (Fsp3) is 0.467. The van der Waals surface area contributed by atoms with Gasteiger partial charge in [0, 0.05) is 19.0 Å². The number of carboxylic acids is 1. The van der Waals surface area contributed by atoms with Crippen LogP contribution in [0.1, 0.15) is 36.5 Å². The summed E-state index contributed by atoms with van der Waals surface area (Å²) in [4.78, 5) is 25.2. The van der Waals surface area contributed by atoms with E-state index in [1.807, 2.05) is 19.9 Å². The summed E-state index contributed by atoms with van der Waals surface area (Å²) in [6, 6.07) is 3.74. The zero-order valence-electron chi connectivity index (χ0n) is 12.1. The Labute approximate surface area is 118 Å². The molecule has 0 fully saturated rings. The van der Waals surface area contributed by atoms with Crippen LogP contribution in [0.3, 0.4) is 0 Å². The molecule has 1 aromatic rings. The van der Waals surface area contributed by atoms with Crippen LogP contribution in [0.25, 0.3) is 0 Å². The number of rotatable bonds is 1. The summed E-state index contributed by atoms with van der Waals surface area (Å²) in [6.45, 7) is 5.78. The number of aryl methyl sites for hydroxylation is 2. The number of amides is 1. The number of nitrogens with zero attached hydrogens (tertiary/aromatic N) is 1. The van der Waals surface area contributed by atoms with Crippen molar-refractivity contribution in [1.82, 2.24) is 0 Å². The van der Waals surface area contributed by atoms with Crippen LogP contribution < -0.4 is 10.6 Å². The largest absolute Gasteiger partial charge is 0.480 e. The van der Waals surface area contributed by atoms with Gasteiger partial charge in [-0.1, -0.05) is 17.7 Å². The third-order valence-corrected chi connectivity index (χ3v) is 3.91. The second-order valence-electron chi connectivity index (χ2n) is 5.53. The van der Waals surface area contributed by atoms with Crippen molar-refractivity contribution in [2.75, 3.05) is 11.4 Å². The molecule has 0 saturated heterocycles. The topological polar surface area (TPSA) is 83.6 Å². The van der Waals surface area contributed by atoms with Crippen LogP contribution in [0.4, 0.5) is 5.69 Å². The quantitative estimate of drug-likeness (QED) is 0.817. The summed E-state index contributed by atoms with van der Waals surface area (Å²) in [5, 5.41) is 9.55. The lowest BCUT2D eigenvalue weighted by Crippen LogP contribution is -2.45. The number of hydrogen-bond acceptors (Lipinski definition) is 3. The minimum atomic E-state index is -1.43. The molecule has 5 heteroatoms. The van der Waals surface area contributed by atoms with Gasteiger partial charge < -0.3 is 15.7 Å². The molecule has 1 unspecified atom stereocenters. The number of aliphatic carboxylic acids is 1. The molecule has 5 nitrogen and oxygen atoms in total. The smallest absolute Gasteiger partial charge is 0.328 e. The first-order chi connectivity index (χ1) is 9.27. The monoisotopic (exact) mass is 276 g/mol. The summed E-state index contributed by atoms with van der Waals surface area (Å²) >= 11 is 0. The fourth-order valence-electron chi connectivity index (χ4n) is 2.96. The maximum absolute atomic E-state index is 11.9. The summed E-state index contributed by atoms with van der Waals surface area (Å²) in [5.41, 5.74) is 7.77. The van der Waals surface area contributed by atoms with E-state index in [1.165, 1.54) is 6.92 Å². The molecule has 20 heavy (non-hydrogen) atoms. The van der Waals surface area contributed by atoms with E-state index in [9.17, 15) is 14.7 Å². The lowest BCUT2D eigenvalue weighted by Gasteiger charge is -2.29. The molecule has 0 bridgehead atoms. The third-order valence-electron chi connectivity index (χ3n) is 3.91. The zero-order valence-corrected chi connectivity index (χ0v) is 12.1. The maximum atomic E-state index is 11.9. The van der Waals surface area contributed by atoms with Gasteiger partial charge in [0.2, 0.25) is 5.91 Å². The first-order valence-corrected chi connectivity index (χ1v) is 6.69. The molecule has 1 aromatic carbocycles. The molecule has 2 rings (SSSR count).